The Bertz CT molecular complexity index is 6200. The van der Waals surface area contributed by atoms with E-state index >= 15 is 0 Å². The van der Waals surface area contributed by atoms with Gasteiger partial charge in [0.1, 0.15) is 39.9 Å². The SMILES string of the molecule is c1ccc(-c2nc(-c3ccc(-c4cccc5c4oc4ccccc45)cc3)nc(-c3ccc4c(c3)Oc3ccc(-c5ccc(-c6nc(-c7ccc8c(c7)Oc7ccccc7C87c8ccccc8-c8ccccc87)nc(-c7ccccn7)n6)cc5)cc3C43c4ccccc4-c4ccccc43)n2)cc1. The number of benzene rings is 13. The topological polar surface area (TPSA) is 122 Å². The zero-order valence-corrected chi connectivity index (χ0v) is 54.0. The molecule has 0 fully saturated rings. The molecule has 10 heteroatoms. The van der Waals surface area contributed by atoms with Crippen molar-refractivity contribution in [2.75, 3.05) is 0 Å². The highest BCUT2D eigenvalue weighted by Gasteiger charge is 2.53. The van der Waals surface area contributed by atoms with Gasteiger partial charge < -0.3 is 13.9 Å². The molecular weight excluding hydrogens is 1240 g/mol. The predicted molar refractivity (Wildman–Crippen MR) is 397 cm³/mol. The van der Waals surface area contributed by atoms with Crippen LogP contribution in [0.5, 0.6) is 23.0 Å². The van der Waals surface area contributed by atoms with Gasteiger partial charge in [0.15, 0.2) is 34.9 Å². The molecule has 0 amide bonds. The van der Waals surface area contributed by atoms with Crippen molar-refractivity contribution in [3.8, 4) is 136 Å². The van der Waals surface area contributed by atoms with Crippen molar-refractivity contribution in [1.29, 1.82) is 0 Å². The van der Waals surface area contributed by atoms with E-state index in [0.717, 1.165) is 117 Å². The molecule has 13 aromatic carbocycles. The highest BCUT2D eigenvalue weighted by atomic mass is 16.5. The second-order valence-corrected chi connectivity index (χ2v) is 26.1. The van der Waals surface area contributed by atoms with E-state index in [4.69, 9.17) is 48.8 Å². The zero-order valence-electron chi connectivity index (χ0n) is 54.0. The quantitative estimate of drug-likeness (QED) is 0.145. The number of fused-ring (bicyclic) bond motifs is 21. The van der Waals surface area contributed by atoms with Gasteiger partial charge in [-0.05, 0) is 110 Å². The molecule has 4 aliphatic rings. The number of pyridine rings is 1. The Labute approximate surface area is 580 Å². The van der Waals surface area contributed by atoms with Crippen molar-refractivity contribution in [3.63, 3.8) is 0 Å². The first-order valence-corrected chi connectivity index (χ1v) is 33.9. The Morgan fingerprint density at radius 3 is 1.21 bits per heavy atom. The van der Waals surface area contributed by atoms with Crippen molar-refractivity contribution in [2.45, 2.75) is 10.8 Å². The lowest BCUT2D eigenvalue weighted by Crippen LogP contribution is -2.32. The highest BCUT2D eigenvalue weighted by Crippen LogP contribution is 2.64. The second-order valence-electron chi connectivity index (χ2n) is 26.1. The van der Waals surface area contributed by atoms with Crippen LogP contribution in [0.2, 0.25) is 0 Å². The molecule has 0 bridgehead atoms. The van der Waals surface area contributed by atoms with Gasteiger partial charge >= 0.3 is 0 Å². The lowest BCUT2D eigenvalue weighted by Gasteiger charge is -2.39. The number of furan rings is 1. The molecule has 4 aromatic heterocycles. The normalized spacial score (nSPS) is 13.5. The van der Waals surface area contributed by atoms with E-state index in [0.29, 0.717) is 40.6 Å². The van der Waals surface area contributed by atoms with Gasteiger partial charge in [-0.3, -0.25) is 4.98 Å². The summed E-state index contributed by atoms with van der Waals surface area (Å²) in [5.41, 5.74) is 23.1. The minimum atomic E-state index is -0.764. The molecule has 17 aromatic rings. The minimum Gasteiger partial charge on any atom is -0.457 e. The summed E-state index contributed by atoms with van der Waals surface area (Å²) in [7, 11) is 0. The number of nitrogens with zero attached hydrogens (tertiary/aromatic N) is 7. The predicted octanol–water partition coefficient (Wildman–Crippen LogP) is 21.6. The van der Waals surface area contributed by atoms with E-state index in [1.165, 1.54) is 44.5 Å². The molecule has 0 saturated carbocycles. The van der Waals surface area contributed by atoms with E-state index in [-0.39, 0.29) is 0 Å². The molecule has 2 aliphatic heterocycles. The highest BCUT2D eigenvalue weighted by molar-refractivity contribution is 6.09. The lowest BCUT2D eigenvalue weighted by molar-refractivity contribution is 0.436. The van der Waals surface area contributed by atoms with Crippen LogP contribution >= 0.6 is 0 Å². The number of hydrogen-bond donors (Lipinski definition) is 0. The first-order chi connectivity index (χ1) is 50.0. The Hall–Kier alpha value is -13.6. The molecule has 101 heavy (non-hydrogen) atoms. The van der Waals surface area contributed by atoms with E-state index in [1.54, 1.807) is 6.20 Å². The summed E-state index contributed by atoms with van der Waals surface area (Å²) in [5.74, 6) is 6.16. The van der Waals surface area contributed by atoms with E-state index in [2.05, 4.69) is 243 Å². The smallest absolute Gasteiger partial charge is 0.182 e. The van der Waals surface area contributed by atoms with Gasteiger partial charge in [0, 0.05) is 72.6 Å². The molecule has 10 nitrogen and oxygen atoms in total. The summed E-state index contributed by atoms with van der Waals surface area (Å²) >= 11 is 0. The Kier molecular flexibility index (Phi) is 12.3. The van der Waals surface area contributed by atoms with E-state index in [1.807, 2.05) is 72.8 Å². The van der Waals surface area contributed by atoms with Crippen LogP contribution < -0.4 is 9.47 Å². The molecule has 0 saturated heterocycles. The van der Waals surface area contributed by atoms with E-state index < -0.39 is 10.8 Å². The maximum Gasteiger partial charge on any atom is 0.182 e. The van der Waals surface area contributed by atoms with Gasteiger partial charge in [0.2, 0.25) is 0 Å². The summed E-state index contributed by atoms with van der Waals surface area (Å²) < 4.78 is 20.6. The Morgan fingerprint density at radius 1 is 0.228 bits per heavy atom. The second kappa shape index (κ2) is 22.0. The van der Waals surface area contributed by atoms with E-state index in [9.17, 15) is 0 Å². The molecule has 6 heterocycles. The van der Waals surface area contributed by atoms with Crippen LogP contribution in [0.4, 0.5) is 0 Å². The molecular formula is C91H53N7O3. The molecule has 0 radical (unpaired) electrons. The summed E-state index contributed by atoms with van der Waals surface area (Å²) in [5, 5.41) is 2.18. The Balaban J connectivity index is 0.653. The number of para-hydroxylation sites is 3. The third kappa shape index (κ3) is 8.49. The van der Waals surface area contributed by atoms with Crippen LogP contribution in [0.15, 0.2) is 326 Å². The van der Waals surface area contributed by atoms with Crippen molar-refractivity contribution in [1.82, 2.24) is 34.9 Å². The third-order valence-electron chi connectivity index (χ3n) is 20.8. The number of hydrogen-bond acceptors (Lipinski definition) is 10. The van der Waals surface area contributed by atoms with Gasteiger partial charge in [-0.25, -0.2) is 29.9 Å². The Morgan fingerprint density at radius 2 is 0.634 bits per heavy atom. The minimum absolute atomic E-state index is 0.462. The monoisotopic (exact) mass is 1290 g/mol. The summed E-state index contributed by atoms with van der Waals surface area (Å²) in [4.78, 5) is 35.9. The van der Waals surface area contributed by atoms with Crippen LogP contribution in [0.3, 0.4) is 0 Å². The van der Waals surface area contributed by atoms with Crippen molar-refractivity contribution in [2.24, 2.45) is 0 Å². The first kappa shape index (κ1) is 56.6. The summed E-state index contributed by atoms with van der Waals surface area (Å²) in [6.07, 6.45) is 1.77. The van der Waals surface area contributed by atoms with Crippen molar-refractivity contribution in [3.05, 3.63) is 366 Å². The fraction of sp³-hybridized carbons (Fsp3) is 0.0220. The summed E-state index contributed by atoms with van der Waals surface area (Å²) in [6, 6.07) is 110. The van der Waals surface area contributed by atoms with Gasteiger partial charge in [-0.2, -0.15) is 0 Å². The van der Waals surface area contributed by atoms with Gasteiger partial charge in [0.05, 0.1) is 10.8 Å². The molecule has 21 rings (SSSR count). The van der Waals surface area contributed by atoms with Gasteiger partial charge in [-0.1, -0.05) is 267 Å². The molecule has 0 atom stereocenters. The average molecular weight is 1290 g/mol. The van der Waals surface area contributed by atoms with Crippen LogP contribution in [0, 0.1) is 0 Å². The molecule has 2 aliphatic carbocycles. The molecule has 2 spiro atoms. The standard InChI is InChI=1S/C91H53N7O3/c1-2-19-56(20-3-1)84-93-85(58-42-38-55(39-43-58)62-26-18-27-68-67-25-8-14-34-78(67)101-83(62)68)95-87(94-84)60-45-48-75-82(52-60)100-80-49-46-59(51-76(80)91(75)71-30-11-6-23-65(71)66-24-7-12-31-72(66)91)54-36-40-57(41-37-54)86-96-88(98-89(97-86)77-33-16-17-50-92-77)61-44-47-74-81(53-61)99-79-35-15-13-32-73(79)90(74)69-28-9-4-21-63(69)64-22-5-10-29-70(64)90/h1-53H. The maximum atomic E-state index is 7.24. The number of aromatic nitrogens is 7. The first-order valence-electron chi connectivity index (χ1n) is 33.9. The molecule has 0 unspecified atom stereocenters. The molecule has 470 valence electrons. The maximum absolute atomic E-state index is 7.24. The largest absolute Gasteiger partial charge is 0.457 e. The average Bonchev–Trinajstić information content (AvgIpc) is 1.57. The van der Waals surface area contributed by atoms with Crippen molar-refractivity contribution >= 4 is 21.9 Å². The number of rotatable bonds is 8. The fourth-order valence-electron chi connectivity index (χ4n) is 16.4. The lowest BCUT2D eigenvalue weighted by atomic mass is 9.65. The van der Waals surface area contributed by atoms with Crippen molar-refractivity contribution < 1.29 is 13.9 Å². The fourth-order valence-corrected chi connectivity index (χ4v) is 16.4. The third-order valence-corrected chi connectivity index (χ3v) is 20.8. The zero-order chi connectivity index (χ0) is 66.3. The molecule has 0 N–H and O–H groups in total. The van der Waals surface area contributed by atoms with Gasteiger partial charge in [-0.15, -0.1) is 0 Å². The van der Waals surface area contributed by atoms with Crippen LogP contribution in [0.25, 0.3) is 135 Å². The summed E-state index contributed by atoms with van der Waals surface area (Å²) in [6.45, 7) is 0. The van der Waals surface area contributed by atoms with Gasteiger partial charge in [0.25, 0.3) is 0 Å². The van der Waals surface area contributed by atoms with Crippen LogP contribution in [-0.2, 0) is 10.8 Å². The van der Waals surface area contributed by atoms with Crippen LogP contribution in [0.1, 0.15) is 44.5 Å². The van der Waals surface area contributed by atoms with Crippen LogP contribution in [-0.4, -0.2) is 34.9 Å². The number of ether oxygens (including phenoxy) is 2.